The molecule has 2 aromatic rings. The lowest BCUT2D eigenvalue weighted by atomic mass is 9.84. The van der Waals surface area contributed by atoms with Crippen molar-refractivity contribution in [1.29, 1.82) is 0 Å². The first-order chi connectivity index (χ1) is 13.0. The Balaban J connectivity index is 1.33. The lowest BCUT2D eigenvalue weighted by Crippen LogP contribution is -2.42. The van der Waals surface area contributed by atoms with Crippen LogP contribution in [0, 0.1) is 11.2 Å². The normalized spacial score (nSPS) is 18.8. The minimum atomic E-state index is -0.550. The van der Waals surface area contributed by atoms with E-state index in [9.17, 15) is 18.8 Å². The lowest BCUT2D eigenvalue weighted by Gasteiger charge is -2.20. The van der Waals surface area contributed by atoms with E-state index in [4.69, 9.17) is 0 Å². The van der Waals surface area contributed by atoms with E-state index in [1.807, 2.05) is 16.8 Å². The van der Waals surface area contributed by atoms with Crippen molar-refractivity contribution in [2.24, 2.45) is 5.41 Å². The van der Waals surface area contributed by atoms with Crippen molar-refractivity contribution in [3.05, 3.63) is 36.3 Å². The van der Waals surface area contributed by atoms with Gasteiger partial charge in [0, 0.05) is 25.7 Å². The third-order valence-corrected chi connectivity index (χ3v) is 5.76. The molecule has 2 fully saturated rings. The van der Waals surface area contributed by atoms with Crippen molar-refractivity contribution in [2.75, 3.05) is 13.1 Å². The van der Waals surface area contributed by atoms with Gasteiger partial charge >= 0.3 is 0 Å². The summed E-state index contributed by atoms with van der Waals surface area (Å²) in [7, 11) is 0. The van der Waals surface area contributed by atoms with E-state index in [-0.39, 0.29) is 36.5 Å². The molecule has 2 heterocycles. The molecule has 0 atom stereocenters. The van der Waals surface area contributed by atoms with Crippen molar-refractivity contribution in [3.8, 4) is 0 Å². The molecule has 1 spiro atoms. The summed E-state index contributed by atoms with van der Waals surface area (Å²) in [6.07, 6.45) is 5.49. The molecule has 1 aliphatic heterocycles. The van der Waals surface area contributed by atoms with E-state index in [1.165, 1.54) is 12.1 Å². The Hall–Kier alpha value is -2.70. The number of imide groups is 1. The fourth-order valence-corrected chi connectivity index (χ4v) is 4.33. The zero-order valence-corrected chi connectivity index (χ0v) is 15.0. The molecule has 1 N–H and O–H groups in total. The van der Waals surface area contributed by atoms with Gasteiger partial charge < -0.3 is 9.88 Å². The first kappa shape index (κ1) is 17.7. The predicted octanol–water partition coefficient (Wildman–Crippen LogP) is 2.22. The van der Waals surface area contributed by atoms with Crippen LogP contribution in [0.2, 0.25) is 0 Å². The van der Waals surface area contributed by atoms with Gasteiger partial charge in [0.1, 0.15) is 12.4 Å². The fourth-order valence-electron chi connectivity index (χ4n) is 4.33. The van der Waals surface area contributed by atoms with E-state index in [0.29, 0.717) is 13.1 Å². The molecule has 0 bridgehead atoms. The van der Waals surface area contributed by atoms with Gasteiger partial charge in [-0.2, -0.15) is 0 Å². The van der Waals surface area contributed by atoms with Crippen molar-refractivity contribution in [1.82, 2.24) is 14.8 Å². The largest absolute Gasteiger partial charge is 0.353 e. The number of nitrogens with zero attached hydrogens (tertiary/aromatic N) is 2. The molecule has 7 heteroatoms. The summed E-state index contributed by atoms with van der Waals surface area (Å²) < 4.78 is 15.3. The maximum absolute atomic E-state index is 13.4. The number of rotatable bonds is 5. The van der Waals surface area contributed by atoms with Crippen LogP contribution < -0.4 is 5.32 Å². The van der Waals surface area contributed by atoms with Gasteiger partial charge in [-0.25, -0.2) is 4.39 Å². The number of nitrogens with one attached hydrogen (secondary N) is 1. The topological polar surface area (TPSA) is 71.4 Å². The Kier molecular flexibility index (Phi) is 4.45. The van der Waals surface area contributed by atoms with Crippen LogP contribution in [0.1, 0.15) is 32.1 Å². The van der Waals surface area contributed by atoms with Crippen LogP contribution in [0.15, 0.2) is 30.5 Å². The lowest BCUT2D eigenvalue weighted by molar-refractivity contribution is -0.144. The molecule has 4 rings (SSSR count). The van der Waals surface area contributed by atoms with E-state index in [2.05, 4.69) is 5.32 Å². The third kappa shape index (κ3) is 3.22. The second-order valence-electron chi connectivity index (χ2n) is 7.51. The SMILES string of the molecule is O=C(CN1C(=O)CC2(CCCC2)C1=O)NCCn1ccc2ccc(F)cc21. The number of carbonyl (C=O) groups excluding carboxylic acids is 3. The minimum absolute atomic E-state index is 0.188. The molecule has 27 heavy (non-hydrogen) atoms. The number of carbonyl (C=O) groups is 3. The van der Waals surface area contributed by atoms with E-state index < -0.39 is 5.41 Å². The van der Waals surface area contributed by atoms with Crippen LogP contribution in [0.5, 0.6) is 0 Å². The number of halogens is 1. The highest BCUT2D eigenvalue weighted by Gasteiger charge is 2.52. The zero-order valence-electron chi connectivity index (χ0n) is 15.0. The van der Waals surface area contributed by atoms with E-state index >= 15 is 0 Å². The quantitative estimate of drug-likeness (QED) is 0.820. The highest BCUT2D eigenvalue weighted by Crippen LogP contribution is 2.46. The standard InChI is InChI=1S/C20H22FN3O3/c21-15-4-3-14-5-9-23(16(14)11-15)10-8-22-17(25)13-24-18(26)12-20(19(24)27)6-1-2-7-20/h3-5,9,11H,1-2,6-8,10,12-13H2,(H,22,25). The number of amides is 3. The maximum Gasteiger partial charge on any atom is 0.240 e. The molecule has 1 saturated carbocycles. The number of fused-ring (bicyclic) bond motifs is 1. The van der Waals surface area contributed by atoms with E-state index in [0.717, 1.165) is 41.5 Å². The predicted molar refractivity (Wildman–Crippen MR) is 97.1 cm³/mol. The highest BCUT2D eigenvalue weighted by atomic mass is 19.1. The number of hydrogen-bond donors (Lipinski definition) is 1. The molecule has 3 amide bonds. The molecule has 0 radical (unpaired) electrons. The smallest absolute Gasteiger partial charge is 0.240 e. The van der Waals surface area contributed by atoms with Crippen molar-refractivity contribution in [2.45, 2.75) is 38.6 Å². The van der Waals surface area contributed by atoms with Gasteiger partial charge in [0.15, 0.2) is 0 Å². The second kappa shape index (κ2) is 6.79. The van der Waals surface area contributed by atoms with Crippen LogP contribution >= 0.6 is 0 Å². The molecule has 1 aromatic carbocycles. The number of likely N-dealkylation sites (tertiary alicyclic amines) is 1. The Morgan fingerprint density at radius 3 is 2.74 bits per heavy atom. The van der Waals surface area contributed by atoms with E-state index in [1.54, 1.807) is 6.07 Å². The summed E-state index contributed by atoms with van der Waals surface area (Å²) in [5.41, 5.74) is 0.211. The summed E-state index contributed by atoms with van der Waals surface area (Å²) in [5, 5.41) is 3.68. The highest BCUT2D eigenvalue weighted by molar-refractivity contribution is 6.08. The van der Waals surface area contributed by atoms with Gasteiger partial charge in [-0.3, -0.25) is 19.3 Å². The van der Waals surface area contributed by atoms with Crippen LogP contribution in [0.25, 0.3) is 10.9 Å². The van der Waals surface area contributed by atoms with Crippen molar-refractivity contribution in [3.63, 3.8) is 0 Å². The molecular formula is C20H22FN3O3. The monoisotopic (exact) mass is 371 g/mol. The van der Waals surface area contributed by atoms with Gasteiger partial charge in [0.05, 0.1) is 10.9 Å². The van der Waals surface area contributed by atoms with Crippen molar-refractivity contribution < 1.29 is 18.8 Å². The molecule has 2 aliphatic rings. The van der Waals surface area contributed by atoms with Crippen LogP contribution in [0.4, 0.5) is 4.39 Å². The first-order valence-corrected chi connectivity index (χ1v) is 9.34. The second-order valence-corrected chi connectivity index (χ2v) is 7.51. The Bertz CT molecular complexity index is 914. The van der Waals surface area contributed by atoms with Crippen LogP contribution in [-0.2, 0) is 20.9 Å². The molecule has 142 valence electrons. The zero-order chi connectivity index (χ0) is 19.0. The average Bonchev–Trinajstić information content (AvgIpc) is 3.32. The molecule has 6 nitrogen and oxygen atoms in total. The Morgan fingerprint density at radius 2 is 1.96 bits per heavy atom. The number of hydrogen-bond acceptors (Lipinski definition) is 3. The van der Waals surface area contributed by atoms with Gasteiger partial charge in [-0.15, -0.1) is 0 Å². The molecule has 0 unspecified atom stereocenters. The van der Waals surface area contributed by atoms with Gasteiger partial charge in [-0.05, 0) is 42.5 Å². The van der Waals surface area contributed by atoms with Crippen LogP contribution in [0.3, 0.4) is 0 Å². The molecule has 1 aliphatic carbocycles. The average molecular weight is 371 g/mol. The van der Waals surface area contributed by atoms with Gasteiger partial charge in [-0.1, -0.05) is 12.8 Å². The molecule has 1 aromatic heterocycles. The third-order valence-electron chi connectivity index (χ3n) is 5.76. The molecule has 1 saturated heterocycles. The Morgan fingerprint density at radius 1 is 1.19 bits per heavy atom. The van der Waals surface area contributed by atoms with Crippen LogP contribution in [-0.4, -0.2) is 40.3 Å². The summed E-state index contributed by atoms with van der Waals surface area (Å²) in [6.45, 7) is 0.589. The number of aromatic nitrogens is 1. The maximum atomic E-state index is 13.4. The first-order valence-electron chi connectivity index (χ1n) is 9.34. The summed E-state index contributed by atoms with van der Waals surface area (Å²) in [4.78, 5) is 38.1. The fraction of sp³-hybridized carbons (Fsp3) is 0.450. The van der Waals surface area contributed by atoms with Crippen molar-refractivity contribution >= 4 is 28.6 Å². The van der Waals surface area contributed by atoms with Gasteiger partial charge in [0.25, 0.3) is 0 Å². The minimum Gasteiger partial charge on any atom is -0.353 e. The summed E-state index contributed by atoms with van der Waals surface area (Å²) >= 11 is 0. The Labute approximate surface area is 156 Å². The molecular weight excluding hydrogens is 349 g/mol. The number of benzene rings is 1. The summed E-state index contributed by atoms with van der Waals surface area (Å²) in [6, 6.07) is 6.47. The van der Waals surface area contributed by atoms with Gasteiger partial charge in [0.2, 0.25) is 17.7 Å². The summed E-state index contributed by atoms with van der Waals surface area (Å²) in [5.74, 6) is -1.09.